The maximum Gasteiger partial charge on any atom is 0.131 e. The molecule has 0 amide bonds. The third-order valence-electron chi connectivity index (χ3n) is 3.87. The van der Waals surface area contributed by atoms with Gasteiger partial charge in [0.1, 0.15) is 5.82 Å². The minimum absolute atomic E-state index is 0.0136. The van der Waals surface area contributed by atoms with E-state index in [1.54, 1.807) is 6.07 Å². The first kappa shape index (κ1) is 10.7. The van der Waals surface area contributed by atoms with Gasteiger partial charge in [-0.25, -0.2) is 4.39 Å². The van der Waals surface area contributed by atoms with E-state index in [9.17, 15) is 4.39 Å². The van der Waals surface area contributed by atoms with Gasteiger partial charge in [-0.05, 0) is 41.3 Å². The predicted molar refractivity (Wildman–Crippen MR) is 68.5 cm³/mol. The maximum absolute atomic E-state index is 14.0. The number of hydrogen-bond acceptors (Lipinski definition) is 1. The van der Waals surface area contributed by atoms with Gasteiger partial charge in [-0.15, -0.1) is 0 Å². The topological polar surface area (TPSA) is 26.0 Å². The van der Waals surface area contributed by atoms with Crippen LogP contribution in [0.4, 0.5) is 4.39 Å². The van der Waals surface area contributed by atoms with Gasteiger partial charge in [-0.2, -0.15) is 0 Å². The first-order valence-corrected chi connectivity index (χ1v) is 6.15. The molecule has 2 aromatic carbocycles. The van der Waals surface area contributed by atoms with Crippen molar-refractivity contribution in [3.63, 3.8) is 0 Å². The number of rotatable bonds is 0. The Balaban J connectivity index is 2.41. The molecule has 2 aromatic rings. The SMILES string of the molecule is CC1CCC(N)c2cc(F)c3ccccc3c21. The van der Waals surface area contributed by atoms with E-state index in [0.717, 1.165) is 23.8 Å². The van der Waals surface area contributed by atoms with E-state index < -0.39 is 0 Å². The molecule has 2 N–H and O–H groups in total. The summed E-state index contributed by atoms with van der Waals surface area (Å²) in [5.41, 5.74) is 8.35. The van der Waals surface area contributed by atoms with Crippen LogP contribution in [0, 0.1) is 5.82 Å². The zero-order chi connectivity index (χ0) is 12.0. The molecule has 2 unspecified atom stereocenters. The average molecular weight is 229 g/mol. The lowest BCUT2D eigenvalue weighted by atomic mass is 9.78. The van der Waals surface area contributed by atoms with Crippen LogP contribution in [0.2, 0.25) is 0 Å². The molecule has 0 bridgehead atoms. The van der Waals surface area contributed by atoms with Crippen molar-refractivity contribution in [2.75, 3.05) is 0 Å². The normalized spacial score (nSPS) is 23.7. The summed E-state index contributed by atoms with van der Waals surface area (Å²) in [6.45, 7) is 2.20. The van der Waals surface area contributed by atoms with Gasteiger partial charge in [0, 0.05) is 11.4 Å². The average Bonchev–Trinajstić information content (AvgIpc) is 2.34. The molecule has 0 saturated heterocycles. The van der Waals surface area contributed by atoms with Crippen molar-refractivity contribution in [2.45, 2.75) is 31.7 Å². The molecule has 0 spiro atoms. The highest BCUT2D eigenvalue weighted by atomic mass is 19.1. The Hall–Kier alpha value is -1.41. The summed E-state index contributed by atoms with van der Waals surface area (Å²) in [6.07, 6.45) is 2.04. The van der Waals surface area contributed by atoms with Gasteiger partial charge >= 0.3 is 0 Å². The molecule has 0 radical (unpaired) electrons. The molecule has 0 saturated carbocycles. The fraction of sp³-hybridized carbons (Fsp3) is 0.333. The highest BCUT2D eigenvalue weighted by molar-refractivity contribution is 5.88. The van der Waals surface area contributed by atoms with Crippen molar-refractivity contribution in [1.29, 1.82) is 0 Å². The van der Waals surface area contributed by atoms with Crippen LogP contribution in [-0.4, -0.2) is 0 Å². The molecular weight excluding hydrogens is 213 g/mol. The number of benzene rings is 2. The third-order valence-corrected chi connectivity index (χ3v) is 3.87. The molecule has 1 nitrogen and oxygen atoms in total. The van der Waals surface area contributed by atoms with Crippen molar-refractivity contribution in [2.24, 2.45) is 5.73 Å². The molecule has 2 atom stereocenters. The lowest BCUT2D eigenvalue weighted by Crippen LogP contribution is -2.20. The Kier molecular flexibility index (Phi) is 2.40. The van der Waals surface area contributed by atoms with Crippen LogP contribution in [0.3, 0.4) is 0 Å². The minimum Gasteiger partial charge on any atom is -0.324 e. The summed E-state index contributed by atoms with van der Waals surface area (Å²) in [6, 6.07) is 9.32. The minimum atomic E-state index is -0.149. The van der Waals surface area contributed by atoms with Gasteiger partial charge in [0.2, 0.25) is 0 Å². The Morgan fingerprint density at radius 3 is 2.65 bits per heavy atom. The lowest BCUT2D eigenvalue weighted by Gasteiger charge is -2.29. The van der Waals surface area contributed by atoms with Crippen LogP contribution in [-0.2, 0) is 0 Å². The first-order chi connectivity index (χ1) is 8.18. The van der Waals surface area contributed by atoms with Crippen LogP contribution < -0.4 is 5.73 Å². The molecule has 17 heavy (non-hydrogen) atoms. The number of fused-ring (bicyclic) bond motifs is 3. The van der Waals surface area contributed by atoms with Crippen molar-refractivity contribution < 1.29 is 4.39 Å². The first-order valence-electron chi connectivity index (χ1n) is 6.15. The molecule has 1 aliphatic rings. The van der Waals surface area contributed by atoms with Crippen LogP contribution in [0.1, 0.15) is 42.9 Å². The van der Waals surface area contributed by atoms with E-state index in [1.807, 2.05) is 24.3 Å². The van der Waals surface area contributed by atoms with Crippen LogP contribution in [0.15, 0.2) is 30.3 Å². The molecule has 1 aliphatic carbocycles. The summed E-state index contributed by atoms with van der Waals surface area (Å²) in [5.74, 6) is 0.319. The standard InChI is InChI=1S/C15H16FN/c1-9-6-7-14(17)12-8-13(16)10-4-2-3-5-11(10)15(9)12/h2-5,8-9,14H,6-7,17H2,1H3. The fourth-order valence-corrected chi connectivity index (χ4v) is 2.96. The van der Waals surface area contributed by atoms with Crippen LogP contribution >= 0.6 is 0 Å². The van der Waals surface area contributed by atoms with Crippen LogP contribution in [0.25, 0.3) is 10.8 Å². The summed E-state index contributed by atoms with van der Waals surface area (Å²) in [7, 11) is 0. The second kappa shape index (κ2) is 3.81. The second-order valence-corrected chi connectivity index (χ2v) is 4.99. The number of nitrogens with two attached hydrogens (primary N) is 1. The van der Waals surface area contributed by atoms with E-state index >= 15 is 0 Å². The Labute approximate surface area is 100 Å². The summed E-state index contributed by atoms with van der Waals surface area (Å²) in [4.78, 5) is 0. The highest BCUT2D eigenvalue weighted by Gasteiger charge is 2.25. The summed E-state index contributed by atoms with van der Waals surface area (Å²) >= 11 is 0. The van der Waals surface area contributed by atoms with E-state index in [4.69, 9.17) is 5.73 Å². The molecule has 3 rings (SSSR count). The van der Waals surface area contributed by atoms with Crippen molar-refractivity contribution in [1.82, 2.24) is 0 Å². The number of hydrogen-bond donors (Lipinski definition) is 1. The highest BCUT2D eigenvalue weighted by Crippen LogP contribution is 2.41. The van der Waals surface area contributed by atoms with Crippen LogP contribution in [0.5, 0.6) is 0 Å². The van der Waals surface area contributed by atoms with Gasteiger partial charge in [0.05, 0.1) is 0 Å². The monoisotopic (exact) mass is 229 g/mol. The largest absolute Gasteiger partial charge is 0.324 e. The van der Waals surface area contributed by atoms with E-state index in [2.05, 4.69) is 6.92 Å². The van der Waals surface area contributed by atoms with E-state index in [-0.39, 0.29) is 11.9 Å². The zero-order valence-corrected chi connectivity index (χ0v) is 9.91. The third kappa shape index (κ3) is 1.55. The van der Waals surface area contributed by atoms with E-state index in [0.29, 0.717) is 11.3 Å². The number of halogens is 1. The second-order valence-electron chi connectivity index (χ2n) is 4.99. The predicted octanol–water partition coefficient (Wildman–Crippen LogP) is 3.88. The summed E-state index contributed by atoms with van der Waals surface area (Å²) in [5, 5.41) is 1.75. The fourth-order valence-electron chi connectivity index (χ4n) is 2.96. The quantitative estimate of drug-likeness (QED) is 0.729. The molecule has 0 aromatic heterocycles. The summed E-state index contributed by atoms with van der Waals surface area (Å²) < 4.78 is 14.0. The van der Waals surface area contributed by atoms with Crippen molar-refractivity contribution >= 4 is 10.8 Å². The molecule has 88 valence electrons. The van der Waals surface area contributed by atoms with Gasteiger partial charge in [0.25, 0.3) is 0 Å². The zero-order valence-electron chi connectivity index (χ0n) is 9.91. The Morgan fingerprint density at radius 2 is 1.88 bits per heavy atom. The lowest BCUT2D eigenvalue weighted by molar-refractivity contribution is 0.512. The molecule has 0 aliphatic heterocycles. The van der Waals surface area contributed by atoms with Gasteiger partial charge in [0.15, 0.2) is 0 Å². The van der Waals surface area contributed by atoms with Crippen molar-refractivity contribution in [3.05, 3.63) is 47.3 Å². The van der Waals surface area contributed by atoms with E-state index in [1.165, 1.54) is 5.56 Å². The Morgan fingerprint density at radius 1 is 1.18 bits per heavy atom. The smallest absolute Gasteiger partial charge is 0.131 e. The molecular formula is C15H16FN. The molecule has 0 heterocycles. The Bertz CT molecular complexity index is 576. The maximum atomic E-state index is 14.0. The molecule has 2 heteroatoms. The van der Waals surface area contributed by atoms with Gasteiger partial charge in [-0.3, -0.25) is 0 Å². The van der Waals surface area contributed by atoms with Crippen molar-refractivity contribution in [3.8, 4) is 0 Å². The van der Waals surface area contributed by atoms with Gasteiger partial charge in [-0.1, -0.05) is 31.2 Å². The molecule has 0 fully saturated rings. The van der Waals surface area contributed by atoms with Gasteiger partial charge < -0.3 is 5.73 Å².